The lowest BCUT2D eigenvalue weighted by molar-refractivity contribution is 0.543. The van der Waals surface area contributed by atoms with Crippen LogP contribution in [-0.2, 0) is 0 Å². The van der Waals surface area contributed by atoms with Crippen molar-refractivity contribution in [2.45, 2.75) is 52.9 Å². The molecule has 0 heterocycles. The van der Waals surface area contributed by atoms with Gasteiger partial charge in [0.1, 0.15) is 11.6 Å². The Morgan fingerprint density at radius 2 is 1.84 bits per heavy atom. The fraction of sp³-hybridized carbons (Fsp3) is 0.619. The Balaban J connectivity index is 2.32. The average Bonchev–Trinajstić information content (AvgIpc) is 3.23. The molecular formula is C21H32F2N2. The molecule has 1 aromatic rings. The van der Waals surface area contributed by atoms with E-state index in [1.54, 1.807) is 0 Å². The van der Waals surface area contributed by atoms with Gasteiger partial charge in [-0.3, -0.25) is 0 Å². The molecule has 4 unspecified atom stereocenters. The van der Waals surface area contributed by atoms with Gasteiger partial charge in [0.2, 0.25) is 0 Å². The summed E-state index contributed by atoms with van der Waals surface area (Å²) in [6, 6.07) is 2.93. The number of anilines is 1. The highest BCUT2D eigenvalue weighted by Crippen LogP contribution is 2.59. The van der Waals surface area contributed by atoms with Crippen LogP contribution < -0.4 is 10.6 Å². The summed E-state index contributed by atoms with van der Waals surface area (Å²) in [5.41, 5.74) is 7.26. The minimum absolute atomic E-state index is 0.0280. The molecule has 0 aromatic heterocycles. The molecule has 0 amide bonds. The summed E-state index contributed by atoms with van der Waals surface area (Å²) in [6.45, 7) is 13.2. The molecule has 2 nitrogen and oxygen atoms in total. The standard InChI is InChI=1S/C21H32F2N2/c1-6-8-17-16(7-2)20(17)21-18(22)9-15(10-19(21)23)25(13(3)4)12-14(5)11-24/h9-10,14,16-17,20H,3,6-8,11-12,24H2,1-2,4-5H3. The molecule has 4 atom stereocenters. The largest absolute Gasteiger partial charge is 0.346 e. The van der Waals surface area contributed by atoms with E-state index in [0.29, 0.717) is 30.6 Å². The molecule has 1 aliphatic carbocycles. The zero-order valence-corrected chi connectivity index (χ0v) is 16.0. The van der Waals surface area contributed by atoms with Crippen molar-refractivity contribution in [3.8, 4) is 0 Å². The van der Waals surface area contributed by atoms with Gasteiger partial charge in [-0.1, -0.05) is 40.2 Å². The van der Waals surface area contributed by atoms with Gasteiger partial charge in [-0.25, -0.2) is 8.78 Å². The zero-order chi connectivity index (χ0) is 18.7. The van der Waals surface area contributed by atoms with Gasteiger partial charge in [0.15, 0.2) is 0 Å². The Bertz CT molecular complexity index is 591. The maximum Gasteiger partial charge on any atom is 0.131 e. The summed E-state index contributed by atoms with van der Waals surface area (Å²) in [5.74, 6) is 0.209. The SMILES string of the molecule is C=C(C)N(CC(C)CN)c1cc(F)c(C2C(CC)C2CCC)c(F)c1. The Hall–Kier alpha value is -1.42. The van der Waals surface area contributed by atoms with Crippen molar-refractivity contribution in [2.24, 2.45) is 23.5 Å². The smallest absolute Gasteiger partial charge is 0.131 e. The van der Waals surface area contributed by atoms with Gasteiger partial charge >= 0.3 is 0 Å². The molecule has 1 fully saturated rings. The highest BCUT2D eigenvalue weighted by atomic mass is 19.1. The molecule has 1 saturated carbocycles. The van der Waals surface area contributed by atoms with Crippen LogP contribution in [0.5, 0.6) is 0 Å². The minimum atomic E-state index is -0.427. The fourth-order valence-electron chi connectivity index (χ4n) is 4.07. The van der Waals surface area contributed by atoms with E-state index in [4.69, 9.17) is 5.73 Å². The Morgan fingerprint density at radius 1 is 1.24 bits per heavy atom. The molecule has 25 heavy (non-hydrogen) atoms. The van der Waals surface area contributed by atoms with Crippen LogP contribution in [-0.4, -0.2) is 13.1 Å². The van der Waals surface area contributed by atoms with E-state index in [0.717, 1.165) is 25.0 Å². The summed E-state index contributed by atoms with van der Waals surface area (Å²) in [6.07, 6.45) is 3.07. The first kappa shape index (κ1) is 19.9. The van der Waals surface area contributed by atoms with Gasteiger partial charge in [0, 0.05) is 23.5 Å². The molecule has 1 aromatic carbocycles. The monoisotopic (exact) mass is 350 g/mol. The quantitative estimate of drug-likeness (QED) is 0.642. The van der Waals surface area contributed by atoms with Gasteiger partial charge in [-0.15, -0.1) is 0 Å². The van der Waals surface area contributed by atoms with Crippen molar-refractivity contribution in [3.63, 3.8) is 0 Å². The number of rotatable bonds is 9. The van der Waals surface area contributed by atoms with E-state index in [-0.39, 0.29) is 17.4 Å². The molecule has 0 spiro atoms. The zero-order valence-electron chi connectivity index (χ0n) is 16.0. The summed E-state index contributed by atoms with van der Waals surface area (Å²) in [5, 5.41) is 0. The van der Waals surface area contributed by atoms with Gasteiger partial charge in [-0.05, 0) is 55.7 Å². The second-order valence-corrected chi connectivity index (χ2v) is 7.56. The lowest BCUT2D eigenvalue weighted by Crippen LogP contribution is -2.30. The first-order valence-electron chi connectivity index (χ1n) is 9.47. The second-order valence-electron chi connectivity index (χ2n) is 7.56. The number of hydrogen-bond donors (Lipinski definition) is 1. The number of nitrogens with zero attached hydrogens (tertiary/aromatic N) is 1. The van der Waals surface area contributed by atoms with Crippen LogP contribution in [0.3, 0.4) is 0 Å². The van der Waals surface area contributed by atoms with Crippen molar-refractivity contribution in [1.82, 2.24) is 0 Å². The molecule has 0 aliphatic heterocycles. The molecule has 4 heteroatoms. The minimum Gasteiger partial charge on any atom is -0.346 e. The van der Waals surface area contributed by atoms with E-state index in [1.165, 1.54) is 12.1 Å². The summed E-state index contributed by atoms with van der Waals surface area (Å²) < 4.78 is 29.7. The number of nitrogens with two attached hydrogens (primary N) is 1. The lowest BCUT2D eigenvalue weighted by Gasteiger charge is -2.28. The molecule has 2 rings (SSSR count). The van der Waals surface area contributed by atoms with Crippen LogP contribution in [0.25, 0.3) is 0 Å². The average molecular weight is 350 g/mol. The van der Waals surface area contributed by atoms with E-state index in [2.05, 4.69) is 20.4 Å². The highest BCUT2D eigenvalue weighted by molar-refractivity contribution is 5.54. The van der Waals surface area contributed by atoms with E-state index in [1.807, 2.05) is 18.7 Å². The van der Waals surface area contributed by atoms with E-state index < -0.39 is 11.6 Å². The molecule has 2 N–H and O–H groups in total. The highest BCUT2D eigenvalue weighted by Gasteiger charge is 2.50. The number of benzene rings is 1. The van der Waals surface area contributed by atoms with Gasteiger partial charge in [-0.2, -0.15) is 0 Å². The number of hydrogen-bond acceptors (Lipinski definition) is 2. The molecule has 0 radical (unpaired) electrons. The maximum absolute atomic E-state index is 14.8. The predicted molar refractivity (Wildman–Crippen MR) is 102 cm³/mol. The first-order valence-corrected chi connectivity index (χ1v) is 9.47. The summed E-state index contributed by atoms with van der Waals surface area (Å²) in [7, 11) is 0. The van der Waals surface area contributed by atoms with Crippen molar-refractivity contribution in [2.75, 3.05) is 18.0 Å². The maximum atomic E-state index is 14.8. The second kappa shape index (κ2) is 8.31. The van der Waals surface area contributed by atoms with Gasteiger partial charge in [0.25, 0.3) is 0 Å². The van der Waals surface area contributed by atoms with Gasteiger partial charge < -0.3 is 10.6 Å². The van der Waals surface area contributed by atoms with Crippen molar-refractivity contribution in [1.29, 1.82) is 0 Å². The molecule has 0 bridgehead atoms. The van der Waals surface area contributed by atoms with Gasteiger partial charge in [0.05, 0.1) is 0 Å². The molecular weight excluding hydrogens is 318 g/mol. The third kappa shape index (κ3) is 4.22. The first-order chi connectivity index (χ1) is 11.8. The molecule has 0 saturated heterocycles. The topological polar surface area (TPSA) is 29.3 Å². The predicted octanol–water partition coefficient (Wildman–Crippen LogP) is 5.44. The summed E-state index contributed by atoms with van der Waals surface area (Å²) in [4.78, 5) is 1.85. The van der Waals surface area contributed by atoms with Crippen LogP contribution in [0.2, 0.25) is 0 Å². The van der Waals surface area contributed by atoms with Crippen LogP contribution >= 0.6 is 0 Å². The molecule has 1 aliphatic rings. The number of halogens is 2. The third-order valence-corrected chi connectivity index (χ3v) is 5.49. The fourth-order valence-corrected chi connectivity index (χ4v) is 4.07. The van der Waals surface area contributed by atoms with Crippen LogP contribution in [0, 0.1) is 29.4 Å². The van der Waals surface area contributed by atoms with E-state index >= 15 is 0 Å². The number of allylic oxidation sites excluding steroid dienone is 1. The van der Waals surface area contributed by atoms with Crippen molar-refractivity contribution >= 4 is 5.69 Å². The third-order valence-electron chi connectivity index (χ3n) is 5.49. The summed E-state index contributed by atoms with van der Waals surface area (Å²) >= 11 is 0. The van der Waals surface area contributed by atoms with Crippen LogP contribution in [0.4, 0.5) is 14.5 Å². The molecule has 140 valence electrons. The lowest BCUT2D eigenvalue weighted by atomic mass is 10.0. The normalized spacial score (nSPS) is 23.4. The Labute approximate surface area is 151 Å². The van der Waals surface area contributed by atoms with Crippen LogP contribution in [0.1, 0.15) is 58.4 Å². The Kier molecular flexibility index (Phi) is 6.61. The van der Waals surface area contributed by atoms with Crippen molar-refractivity contribution in [3.05, 3.63) is 41.6 Å². The van der Waals surface area contributed by atoms with Crippen LogP contribution in [0.15, 0.2) is 24.4 Å². The Morgan fingerprint density at radius 3 is 2.28 bits per heavy atom. The van der Waals surface area contributed by atoms with Crippen molar-refractivity contribution < 1.29 is 8.78 Å². The van der Waals surface area contributed by atoms with E-state index in [9.17, 15) is 8.78 Å².